The second-order valence-electron chi connectivity index (χ2n) is 3.44. The Morgan fingerprint density at radius 3 is 2.53 bits per heavy atom. The number of cyclic esters (lactones) is 1. The van der Waals surface area contributed by atoms with Crippen molar-refractivity contribution in [2.24, 2.45) is 0 Å². The number of rotatable bonds is 2. The summed E-state index contributed by atoms with van der Waals surface area (Å²) in [7, 11) is 1.55. The minimum atomic E-state index is -0.310. The summed E-state index contributed by atoms with van der Waals surface area (Å²) in [6, 6.07) is 7.72. The minimum Gasteiger partial charge on any atom is -0.497 e. The van der Waals surface area contributed by atoms with E-state index in [0.29, 0.717) is 11.3 Å². The summed E-state index contributed by atoms with van der Waals surface area (Å²) in [6.45, 7) is 2.24. The first-order chi connectivity index (χ1) is 7.22. The Morgan fingerprint density at radius 1 is 1.27 bits per heavy atom. The molecular formula is C12H12O3. The Morgan fingerprint density at radius 2 is 1.93 bits per heavy atom. The van der Waals surface area contributed by atoms with Crippen LogP contribution in [0.25, 0.3) is 5.57 Å². The molecule has 1 aliphatic heterocycles. The highest BCUT2D eigenvalue weighted by atomic mass is 16.6. The van der Waals surface area contributed by atoms with Crippen LogP contribution in [-0.2, 0) is 14.3 Å². The monoisotopic (exact) mass is 204 g/mol. The molecule has 1 aromatic rings. The zero-order valence-electron chi connectivity index (χ0n) is 8.74. The molecule has 2 rings (SSSR count). The summed E-state index contributed by atoms with van der Waals surface area (Å²) < 4.78 is 10.0. The lowest BCUT2D eigenvalue weighted by molar-refractivity contribution is -0.134. The van der Waals surface area contributed by atoms with Gasteiger partial charge in [-0.1, -0.05) is 29.8 Å². The zero-order chi connectivity index (χ0) is 10.8. The van der Waals surface area contributed by atoms with Crippen molar-refractivity contribution >= 4 is 11.5 Å². The maximum atomic E-state index is 11.5. The van der Waals surface area contributed by atoms with Crippen LogP contribution in [0.15, 0.2) is 30.0 Å². The summed E-state index contributed by atoms with van der Waals surface area (Å²) in [4.78, 5) is 11.5. The van der Waals surface area contributed by atoms with Gasteiger partial charge in [0.1, 0.15) is 17.9 Å². The van der Waals surface area contributed by atoms with Crippen LogP contribution in [0.4, 0.5) is 0 Å². The summed E-state index contributed by atoms with van der Waals surface area (Å²) in [6.07, 6.45) is 0. The lowest BCUT2D eigenvalue weighted by Gasteiger charge is -2.02. The molecule has 0 bridgehead atoms. The van der Waals surface area contributed by atoms with Crippen molar-refractivity contribution in [2.45, 2.75) is 6.92 Å². The van der Waals surface area contributed by atoms with Crippen molar-refractivity contribution in [2.75, 3.05) is 13.7 Å². The third-order valence-electron chi connectivity index (χ3n) is 2.40. The molecule has 0 atom stereocenters. The van der Waals surface area contributed by atoms with Crippen molar-refractivity contribution in [3.8, 4) is 0 Å². The number of hydrogen-bond acceptors (Lipinski definition) is 3. The maximum absolute atomic E-state index is 11.5. The molecule has 15 heavy (non-hydrogen) atoms. The standard InChI is InChI=1S/C12H12O3/c1-8-3-5-9(6-4-8)11-10(14-2)7-15-12(11)13/h3-6H,7H2,1-2H3. The normalized spacial score (nSPS) is 15.5. The molecule has 0 aliphatic carbocycles. The number of carbonyl (C=O) groups excluding carboxylic acids is 1. The van der Waals surface area contributed by atoms with E-state index in [4.69, 9.17) is 9.47 Å². The first-order valence-electron chi connectivity index (χ1n) is 4.73. The molecule has 0 amide bonds. The molecule has 0 saturated carbocycles. The molecule has 0 fully saturated rings. The number of carbonyl (C=O) groups is 1. The predicted molar refractivity (Wildman–Crippen MR) is 56.1 cm³/mol. The Kier molecular flexibility index (Phi) is 2.46. The molecule has 1 heterocycles. The van der Waals surface area contributed by atoms with Crippen molar-refractivity contribution in [3.63, 3.8) is 0 Å². The van der Waals surface area contributed by atoms with Gasteiger partial charge in [0.25, 0.3) is 0 Å². The van der Waals surface area contributed by atoms with Crippen molar-refractivity contribution in [3.05, 3.63) is 41.2 Å². The van der Waals surface area contributed by atoms with E-state index >= 15 is 0 Å². The average molecular weight is 204 g/mol. The first kappa shape index (κ1) is 9.77. The van der Waals surface area contributed by atoms with E-state index in [2.05, 4.69) is 0 Å². The largest absolute Gasteiger partial charge is 0.497 e. The summed E-state index contributed by atoms with van der Waals surface area (Å²) >= 11 is 0. The van der Waals surface area contributed by atoms with Crippen LogP contribution in [0.3, 0.4) is 0 Å². The fraction of sp³-hybridized carbons (Fsp3) is 0.250. The third-order valence-corrected chi connectivity index (χ3v) is 2.40. The topological polar surface area (TPSA) is 35.5 Å². The number of methoxy groups -OCH3 is 1. The molecule has 0 saturated heterocycles. The van der Waals surface area contributed by atoms with E-state index in [1.807, 2.05) is 31.2 Å². The third kappa shape index (κ3) is 1.73. The van der Waals surface area contributed by atoms with E-state index in [1.165, 1.54) is 0 Å². The van der Waals surface area contributed by atoms with Gasteiger partial charge in [0.15, 0.2) is 0 Å². The number of benzene rings is 1. The fourth-order valence-corrected chi connectivity index (χ4v) is 1.55. The summed E-state index contributed by atoms with van der Waals surface area (Å²) in [5.41, 5.74) is 2.54. The second-order valence-corrected chi connectivity index (χ2v) is 3.44. The Hall–Kier alpha value is -1.77. The summed E-state index contributed by atoms with van der Waals surface area (Å²) in [5.74, 6) is 0.291. The highest BCUT2D eigenvalue weighted by Gasteiger charge is 2.26. The molecule has 1 aromatic carbocycles. The molecule has 3 heteroatoms. The molecule has 0 unspecified atom stereocenters. The van der Waals surface area contributed by atoms with Gasteiger partial charge in [0.05, 0.1) is 7.11 Å². The Labute approximate surface area is 88.3 Å². The molecule has 78 valence electrons. The summed E-state index contributed by atoms with van der Waals surface area (Å²) in [5, 5.41) is 0. The lowest BCUT2D eigenvalue weighted by Crippen LogP contribution is -1.98. The van der Waals surface area contributed by atoms with Crippen LogP contribution in [0.2, 0.25) is 0 Å². The van der Waals surface area contributed by atoms with Crippen LogP contribution < -0.4 is 0 Å². The SMILES string of the molecule is COC1=C(c2ccc(C)cc2)C(=O)OC1. The van der Waals surface area contributed by atoms with Crippen LogP contribution in [0, 0.1) is 6.92 Å². The highest BCUT2D eigenvalue weighted by molar-refractivity contribution is 6.18. The van der Waals surface area contributed by atoms with Gasteiger partial charge in [-0.05, 0) is 12.5 Å². The van der Waals surface area contributed by atoms with Gasteiger partial charge in [-0.25, -0.2) is 4.79 Å². The van der Waals surface area contributed by atoms with Gasteiger partial charge in [0, 0.05) is 0 Å². The second kappa shape index (κ2) is 3.77. The van der Waals surface area contributed by atoms with Gasteiger partial charge >= 0.3 is 5.97 Å². The molecule has 0 N–H and O–H groups in total. The maximum Gasteiger partial charge on any atom is 0.342 e. The molecule has 0 radical (unpaired) electrons. The fourth-order valence-electron chi connectivity index (χ4n) is 1.55. The smallest absolute Gasteiger partial charge is 0.342 e. The van der Waals surface area contributed by atoms with Crippen molar-refractivity contribution in [1.29, 1.82) is 0 Å². The molecule has 3 nitrogen and oxygen atoms in total. The number of hydrogen-bond donors (Lipinski definition) is 0. The van der Waals surface area contributed by atoms with Gasteiger partial charge < -0.3 is 9.47 Å². The van der Waals surface area contributed by atoms with Crippen LogP contribution in [-0.4, -0.2) is 19.7 Å². The van der Waals surface area contributed by atoms with E-state index in [9.17, 15) is 4.79 Å². The van der Waals surface area contributed by atoms with Gasteiger partial charge in [-0.15, -0.1) is 0 Å². The van der Waals surface area contributed by atoms with E-state index in [1.54, 1.807) is 7.11 Å². The van der Waals surface area contributed by atoms with E-state index in [0.717, 1.165) is 11.1 Å². The zero-order valence-corrected chi connectivity index (χ0v) is 8.74. The molecular weight excluding hydrogens is 192 g/mol. The highest BCUT2D eigenvalue weighted by Crippen LogP contribution is 2.26. The minimum absolute atomic E-state index is 0.235. The molecule has 0 aromatic heterocycles. The molecule has 1 aliphatic rings. The van der Waals surface area contributed by atoms with Crippen LogP contribution in [0.1, 0.15) is 11.1 Å². The van der Waals surface area contributed by atoms with Crippen molar-refractivity contribution < 1.29 is 14.3 Å². The lowest BCUT2D eigenvalue weighted by atomic mass is 10.0. The average Bonchev–Trinajstić information content (AvgIpc) is 2.61. The molecule has 0 spiro atoms. The number of aryl methyl sites for hydroxylation is 1. The van der Waals surface area contributed by atoms with Gasteiger partial charge in [-0.3, -0.25) is 0 Å². The number of esters is 1. The van der Waals surface area contributed by atoms with Gasteiger partial charge in [0.2, 0.25) is 0 Å². The van der Waals surface area contributed by atoms with E-state index < -0.39 is 0 Å². The van der Waals surface area contributed by atoms with Crippen molar-refractivity contribution in [1.82, 2.24) is 0 Å². The number of ether oxygens (including phenoxy) is 2. The predicted octanol–water partition coefficient (Wildman–Crippen LogP) is 1.91. The first-order valence-corrected chi connectivity index (χ1v) is 4.73. The Bertz CT molecular complexity index is 415. The van der Waals surface area contributed by atoms with Crippen LogP contribution >= 0.6 is 0 Å². The van der Waals surface area contributed by atoms with E-state index in [-0.39, 0.29) is 12.6 Å². The Balaban J connectivity index is 2.44. The quantitative estimate of drug-likeness (QED) is 0.690. The van der Waals surface area contributed by atoms with Crippen LogP contribution in [0.5, 0.6) is 0 Å². The van der Waals surface area contributed by atoms with Gasteiger partial charge in [-0.2, -0.15) is 0 Å².